The van der Waals surface area contributed by atoms with Crippen molar-refractivity contribution in [2.45, 2.75) is 11.8 Å². The Hall–Kier alpha value is -5.55. The molecule has 4 aromatic rings. The molecule has 0 aliphatic carbocycles. The molecular formula is C31H30ClFN4O11S. The molecule has 3 aromatic carbocycles. The van der Waals surface area contributed by atoms with Gasteiger partial charge in [-0.05, 0) is 43.3 Å². The number of benzene rings is 3. The number of rotatable bonds is 16. The van der Waals surface area contributed by atoms with E-state index >= 15 is 0 Å². The smallest absolute Gasteiger partial charge is 0.411 e. The molecule has 0 fully saturated rings. The van der Waals surface area contributed by atoms with E-state index in [1.54, 1.807) is 13.0 Å². The summed E-state index contributed by atoms with van der Waals surface area (Å²) in [5, 5.41) is 2.39. The molecule has 4 rings (SSSR count). The average molecular weight is 721 g/mol. The van der Waals surface area contributed by atoms with Crippen LogP contribution >= 0.6 is 11.6 Å². The molecule has 0 spiro atoms. The van der Waals surface area contributed by atoms with Gasteiger partial charge < -0.3 is 33.2 Å². The zero-order chi connectivity index (χ0) is 35.4. The summed E-state index contributed by atoms with van der Waals surface area (Å²) in [5.74, 6) is -1.77. The fraction of sp³-hybridized carbons (Fsp3) is 0.226. The van der Waals surface area contributed by atoms with Crippen LogP contribution in [-0.4, -0.2) is 71.1 Å². The predicted molar refractivity (Wildman–Crippen MR) is 173 cm³/mol. The van der Waals surface area contributed by atoms with Gasteiger partial charge in [-0.15, -0.1) is 0 Å². The molecule has 1 amide bonds. The number of methoxy groups -OCH3 is 2. The van der Waals surface area contributed by atoms with Gasteiger partial charge >= 0.3 is 12.1 Å². The second-order valence-electron chi connectivity index (χ2n) is 9.36. The first-order valence-corrected chi connectivity index (χ1v) is 16.1. The Morgan fingerprint density at radius 3 is 2.43 bits per heavy atom. The standard InChI is InChI=1S/C31H30ClFN4O11S/c1-4-44-27(38)17-47-26-16-20(10-12-24(26)43-3)49(40,41)37-29-28(48-25-15-19(42-2)9-11-21(25)32)30(35-18-34-29)45-13-14-46-31(39)36-23-8-6-5-7-22(23)33/h5-12,15-16,18H,4,13-14,17H2,1-3H3,(H,36,39)(H,34,35,37). The van der Waals surface area contributed by atoms with Crippen molar-refractivity contribution in [3.05, 3.63) is 77.8 Å². The Kier molecular flexibility index (Phi) is 12.6. The molecule has 260 valence electrons. The monoisotopic (exact) mass is 720 g/mol. The minimum atomic E-state index is -4.43. The quantitative estimate of drug-likeness (QED) is 0.110. The SMILES string of the molecule is CCOC(=O)COc1cc(S(=O)(=O)Nc2ncnc(OCCOC(=O)Nc3ccccc3F)c2Oc2cc(OC)ccc2Cl)ccc1OC. The number of carbonyl (C=O) groups is 2. The molecule has 0 atom stereocenters. The summed E-state index contributed by atoms with van der Waals surface area (Å²) in [5.41, 5.74) is -0.0819. The Labute approximate surface area is 285 Å². The van der Waals surface area contributed by atoms with E-state index in [4.69, 9.17) is 44.8 Å². The molecule has 1 aromatic heterocycles. The maximum atomic E-state index is 13.8. The topological polar surface area (TPSA) is 183 Å². The number of hydrogen-bond donors (Lipinski definition) is 2. The van der Waals surface area contributed by atoms with Gasteiger partial charge in [-0.25, -0.2) is 27.4 Å². The van der Waals surface area contributed by atoms with Gasteiger partial charge in [0.25, 0.3) is 15.9 Å². The van der Waals surface area contributed by atoms with E-state index in [-0.39, 0.29) is 70.1 Å². The number of ether oxygens (including phenoxy) is 7. The first-order chi connectivity index (χ1) is 23.5. The first kappa shape index (κ1) is 36.3. The minimum absolute atomic E-state index is 0.0285. The van der Waals surface area contributed by atoms with Crippen molar-refractivity contribution < 1.29 is 55.6 Å². The third kappa shape index (κ3) is 9.97. The van der Waals surface area contributed by atoms with Gasteiger partial charge in [0.1, 0.15) is 36.9 Å². The molecule has 1 heterocycles. The first-order valence-electron chi connectivity index (χ1n) is 14.2. The second-order valence-corrected chi connectivity index (χ2v) is 11.4. The summed E-state index contributed by atoms with van der Waals surface area (Å²) in [6.45, 7) is 0.637. The van der Waals surface area contributed by atoms with Crippen LogP contribution in [0.15, 0.2) is 71.9 Å². The lowest BCUT2D eigenvalue weighted by Crippen LogP contribution is -2.19. The molecule has 49 heavy (non-hydrogen) atoms. The number of para-hydroxylation sites is 1. The average Bonchev–Trinajstić information content (AvgIpc) is 3.08. The van der Waals surface area contributed by atoms with Crippen LogP contribution in [0.1, 0.15) is 6.92 Å². The lowest BCUT2D eigenvalue weighted by molar-refractivity contribution is -0.145. The van der Waals surface area contributed by atoms with Crippen LogP contribution in [0, 0.1) is 5.82 Å². The highest BCUT2D eigenvalue weighted by atomic mass is 35.5. The normalized spacial score (nSPS) is 10.8. The van der Waals surface area contributed by atoms with Crippen molar-refractivity contribution in [1.29, 1.82) is 0 Å². The maximum absolute atomic E-state index is 13.8. The zero-order valence-corrected chi connectivity index (χ0v) is 27.8. The Morgan fingerprint density at radius 1 is 0.898 bits per heavy atom. The van der Waals surface area contributed by atoms with E-state index in [9.17, 15) is 22.4 Å². The van der Waals surface area contributed by atoms with E-state index in [0.29, 0.717) is 5.75 Å². The molecule has 18 heteroatoms. The minimum Gasteiger partial charge on any atom is -0.497 e. The second kappa shape index (κ2) is 17.0. The van der Waals surface area contributed by atoms with Crippen molar-refractivity contribution in [2.24, 2.45) is 0 Å². The summed E-state index contributed by atoms with van der Waals surface area (Å²) in [6.07, 6.45) is 0.0514. The van der Waals surface area contributed by atoms with Gasteiger partial charge in [-0.2, -0.15) is 4.98 Å². The lowest BCUT2D eigenvalue weighted by Gasteiger charge is -2.17. The van der Waals surface area contributed by atoms with Gasteiger partial charge in [0.2, 0.25) is 5.75 Å². The molecule has 0 unspecified atom stereocenters. The van der Waals surface area contributed by atoms with Crippen molar-refractivity contribution in [3.63, 3.8) is 0 Å². The van der Waals surface area contributed by atoms with Crippen molar-refractivity contribution >= 4 is 45.2 Å². The molecule has 0 saturated carbocycles. The predicted octanol–water partition coefficient (Wildman–Crippen LogP) is 5.45. The molecule has 0 bridgehead atoms. The van der Waals surface area contributed by atoms with Crippen molar-refractivity contribution in [3.8, 4) is 34.6 Å². The molecule has 15 nitrogen and oxygen atoms in total. The van der Waals surface area contributed by atoms with Crippen LogP contribution in [0.2, 0.25) is 5.02 Å². The van der Waals surface area contributed by atoms with Crippen LogP contribution in [0.3, 0.4) is 0 Å². The van der Waals surface area contributed by atoms with E-state index in [2.05, 4.69) is 20.0 Å². The summed E-state index contributed by atoms with van der Waals surface area (Å²) >= 11 is 6.34. The fourth-order valence-corrected chi connectivity index (χ4v) is 5.05. The highest BCUT2D eigenvalue weighted by Gasteiger charge is 2.25. The van der Waals surface area contributed by atoms with Crippen LogP contribution in [0.5, 0.6) is 34.6 Å². The summed E-state index contributed by atoms with van der Waals surface area (Å²) < 4.78 is 80.8. The van der Waals surface area contributed by atoms with E-state index in [1.165, 1.54) is 62.8 Å². The van der Waals surface area contributed by atoms with Crippen LogP contribution in [-0.2, 0) is 24.3 Å². The molecule has 0 radical (unpaired) electrons. The number of nitrogens with zero attached hydrogens (tertiary/aromatic N) is 2. The number of carbonyl (C=O) groups excluding carboxylic acids is 2. The highest BCUT2D eigenvalue weighted by molar-refractivity contribution is 7.92. The summed E-state index contributed by atoms with van der Waals surface area (Å²) in [6, 6.07) is 13.7. The third-order valence-electron chi connectivity index (χ3n) is 6.11. The Bertz CT molecular complexity index is 1900. The van der Waals surface area contributed by atoms with Gasteiger partial charge in [0, 0.05) is 12.1 Å². The molecule has 0 saturated heterocycles. The lowest BCUT2D eigenvalue weighted by atomic mass is 10.3. The molecular weight excluding hydrogens is 691 g/mol. The fourth-order valence-electron chi connectivity index (χ4n) is 3.87. The molecule has 0 aliphatic rings. The van der Waals surface area contributed by atoms with Gasteiger partial charge in [0.15, 0.2) is 23.9 Å². The highest BCUT2D eigenvalue weighted by Crippen LogP contribution is 2.41. The number of anilines is 2. The largest absolute Gasteiger partial charge is 0.497 e. The Morgan fingerprint density at radius 2 is 1.69 bits per heavy atom. The van der Waals surface area contributed by atoms with Crippen LogP contribution in [0.25, 0.3) is 0 Å². The summed E-state index contributed by atoms with van der Waals surface area (Å²) in [7, 11) is -1.66. The zero-order valence-electron chi connectivity index (χ0n) is 26.2. The van der Waals surface area contributed by atoms with Gasteiger partial charge in [-0.1, -0.05) is 23.7 Å². The van der Waals surface area contributed by atoms with E-state index < -0.39 is 34.5 Å². The number of halogens is 2. The molecule has 2 N–H and O–H groups in total. The van der Waals surface area contributed by atoms with Gasteiger partial charge in [0.05, 0.1) is 36.4 Å². The third-order valence-corrected chi connectivity index (χ3v) is 7.76. The Balaban J connectivity index is 1.58. The number of sulfonamides is 1. The maximum Gasteiger partial charge on any atom is 0.411 e. The van der Waals surface area contributed by atoms with Crippen molar-refractivity contribution in [1.82, 2.24) is 9.97 Å². The number of hydrogen-bond acceptors (Lipinski definition) is 13. The number of nitrogens with one attached hydrogen (secondary N) is 2. The molecule has 0 aliphatic heterocycles. The van der Waals surface area contributed by atoms with E-state index in [1.807, 2.05) is 0 Å². The van der Waals surface area contributed by atoms with Crippen LogP contribution < -0.4 is 33.7 Å². The number of aromatic nitrogens is 2. The number of amides is 1. The summed E-state index contributed by atoms with van der Waals surface area (Å²) in [4.78, 5) is 31.8. The number of esters is 1. The van der Waals surface area contributed by atoms with Crippen LogP contribution in [0.4, 0.5) is 20.7 Å². The van der Waals surface area contributed by atoms with Crippen molar-refractivity contribution in [2.75, 3.05) is 50.7 Å². The van der Waals surface area contributed by atoms with E-state index in [0.717, 1.165) is 12.4 Å². The van der Waals surface area contributed by atoms with Gasteiger partial charge in [-0.3, -0.25) is 10.0 Å².